The van der Waals surface area contributed by atoms with E-state index in [1.54, 1.807) is 0 Å². The van der Waals surface area contributed by atoms with Gasteiger partial charge in [0.1, 0.15) is 0 Å². The molecule has 0 fully saturated rings. The Morgan fingerprint density at radius 1 is 1.05 bits per heavy atom. The standard InChI is InChI=1S/C19H21ClN2/c1-21-12-5-13-22-19-15-7-3-2-6-14(15)10-11-16-17(19)8-4-9-18(16)20/h2-4,6-9,21H,5,10-13H2,1H3. The summed E-state index contributed by atoms with van der Waals surface area (Å²) in [5.41, 5.74) is 6.14. The summed E-state index contributed by atoms with van der Waals surface area (Å²) in [5.74, 6) is 0. The molecule has 0 unspecified atom stereocenters. The van der Waals surface area contributed by atoms with Crippen LogP contribution in [0.5, 0.6) is 0 Å². The lowest BCUT2D eigenvalue weighted by Gasteiger charge is -2.11. The maximum atomic E-state index is 6.44. The van der Waals surface area contributed by atoms with E-state index in [1.165, 1.54) is 22.3 Å². The van der Waals surface area contributed by atoms with Gasteiger partial charge >= 0.3 is 0 Å². The molecule has 1 aliphatic rings. The van der Waals surface area contributed by atoms with Crippen molar-refractivity contribution in [3.63, 3.8) is 0 Å². The fourth-order valence-corrected chi connectivity index (χ4v) is 3.29. The average Bonchev–Trinajstić information content (AvgIpc) is 2.70. The Hall–Kier alpha value is -1.64. The van der Waals surface area contributed by atoms with Crippen LogP contribution >= 0.6 is 11.6 Å². The van der Waals surface area contributed by atoms with Gasteiger partial charge in [0.05, 0.1) is 5.71 Å². The van der Waals surface area contributed by atoms with Crippen molar-refractivity contribution in [1.82, 2.24) is 5.32 Å². The highest BCUT2D eigenvalue weighted by atomic mass is 35.5. The number of benzene rings is 2. The molecule has 1 aliphatic carbocycles. The third-order valence-electron chi connectivity index (χ3n) is 4.15. The fraction of sp³-hybridized carbons (Fsp3) is 0.316. The number of halogens is 1. The van der Waals surface area contributed by atoms with E-state index in [0.29, 0.717) is 0 Å². The van der Waals surface area contributed by atoms with Crippen LogP contribution in [0.1, 0.15) is 28.7 Å². The summed E-state index contributed by atoms with van der Waals surface area (Å²) in [4.78, 5) is 4.92. The van der Waals surface area contributed by atoms with Crippen molar-refractivity contribution in [2.24, 2.45) is 4.99 Å². The van der Waals surface area contributed by atoms with Gasteiger partial charge in [-0.15, -0.1) is 0 Å². The topological polar surface area (TPSA) is 24.4 Å². The first kappa shape index (κ1) is 15.3. The quantitative estimate of drug-likeness (QED) is 0.851. The normalized spacial score (nSPS) is 15.3. The van der Waals surface area contributed by atoms with Crippen molar-refractivity contribution in [3.05, 3.63) is 69.7 Å². The van der Waals surface area contributed by atoms with Gasteiger partial charge < -0.3 is 5.32 Å². The highest BCUT2D eigenvalue weighted by molar-refractivity contribution is 6.32. The summed E-state index contributed by atoms with van der Waals surface area (Å²) in [6.45, 7) is 1.82. The van der Waals surface area contributed by atoms with Gasteiger partial charge in [-0.3, -0.25) is 4.99 Å². The second-order valence-electron chi connectivity index (χ2n) is 5.61. The van der Waals surface area contributed by atoms with E-state index < -0.39 is 0 Å². The summed E-state index contributed by atoms with van der Waals surface area (Å²) in [6, 6.07) is 14.8. The molecule has 3 heteroatoms. The van der Waals surface area contributed by atoms with Crippen molar-refractivity contribution < 1.29 is 0 Å². The first-order chi connectivity index (χ1) is 10.8. The summed E-state index contributed by atoms with van der Waals surface area (Å²) in [7, 11) is 1.98. The van der Waals surface area contributed by atoms with Gasteiger partial charge in [-0.2, -0.15) is 0 Å². The molecular formula is C19H21ClN2. The highest BCUT2D eigenvalue weighted by Gasteiger charge is 2.20. The predicted octanol–water partition coefficient (Wildman–Crippen LogP) is 3.89. The van der Waals surface area contributed by atoms with E-state index in [1.807, 2.05) is 19.2 Å². The molecule has 0 spiro atoms. The zero-order valence-electron chi connectivity index (χ0n) is 12.9. The van der Waals surface area contributed by atoms with Gasteiger partial charge in [0, 0.05) is 22.7 Å². The van der Waals surface area contributed by atoms with Crippen LogP contribution < -0.4 is 5.32 Å². The largest absolute Gasteiger partial charge is 0.320 e. The number of nitrogens with one attached hydrogen (secondary N) is 1. The third-order valence-corrected chi connectivity index (χ3v) is 4.50. The number of hydrogen-bond acceptors (Lipinski definition) is 2. The summed E-state index contributed by atoms with van der Waals surface area (Å²) in [5, 5.41) is 4.03. The Bertz CT molecular complexity index is 692. The molecule has 22 heavy (non-hydrogen) atoms. The molecule has 0 aliphatic heterocycles. The molecule has 0 heterocycles. The first-order valence-corrected chi connectivity index (χ1v) is 8.24. The van der Waals surface area contributed by atoms with Crippen molar-refractivity contribution in [2.75, 3.05) is 20.1 Å². The van der Waals surface area contributed by atoms with E-state index >= 15 is 0 Å². The summed E-state index contributed by atoms with van der Waals surface area (Å²) in [6.07, 6.45) is 3.03. The number of hydrogen-bond donors (Lipinski definition) is 1. The van der Waals surface area contributed by atoms with Gasteiger partial charge in [0.2, 0.25) is 0 Å². The lowest BCUT2D eigenvalue weighted by atomic mass is 9.98. The molecule has 1 N–H and O–H groups in total. The molecule has 0 saturated carbocycles. The second kappa shape index (κ2) is 7.08. The van der Waals surface area contributed by atoms with Crippen LogP contribution in [0.4, 0.5) is 0 Å². The van der Waals surface area contributed by atoms with Crippen molar-refractivity contribution >= 4 is 17.3 Å². The average molecular weight is 313 g/mol. The number of rotatable bonds is 4. The molecule has 0 atom stereocenters. The van der Waals surface area contributed by atoms with E-state index in [4.69, 9.17) is 16.6 Å². The Balaban J connectivity index is 2.07. The Morgan fingerprint density at radius 3 is 2.73 bits per heavy atom. The number of fused-ring (bicyclic) bond motifs is 2. The summed E-state index contributed by atoms with van der Waals surface area (Å²) >= 11 is 6.44. The first-order valence-electron chi connectivity index (χ1n) is 7.86. The molecule has 3 rings (SSSR count). The van der Waals surface area contributed by atoms with E-state index in [0.717, 1.165) is 43.1 Å². The maximum Gasteiger partial charge on any atom is 0.0724 e. The Labute approximate surface area is 137 Å². The van der Waals surface area contributed by atoms with Gasteiger partial charge in [-0.1, -0.05) is 48.0 Å². The lowest BCUT2D eigenvalue weighted by Crippen LogP contribution is -2.11. The van der Waals surface area contributed by atoms with Gasteiger partial charge in [-0.25, -0.2) is 0 Å². The predicted molar refractivity (Wildman–Crippen MR) is 94.4 cm³/mol. The SMILES string of the molecule is CNCCCN=C1c2ccccc2CCc2c(Cl)cccc21. The molecule has 2 aromatic rings. The van der Waals surface area contributed by atoms with Crippen LogP contribution in [0.25, 0.3) is 0 Å². The molecular weight excluding hydrogens is 292 g/mol. The minimum atomic E-state index is 0.830. The zero-order chi connectivity index (χ0) is 15.4. The maximum absolute atomic E-state index is 6.44. The Morgan fingerprint density at radius 2 is 1.86 bits per heavy atom. The molecule has 2 aromatic carbocycles. The van der Waals surface area contributed by atoms with Crippen LogP contribution in [0.15, 0.2) is 47.5 Å². The van der Waals surface area contributed by atoms with Gasteiger partial charge in [0.15, 0.2) is 0 Å². The van der Waals surface area contributed by atoms with Crippen molar-refractivity contribution in [3.8, 4) is 0 Å². The van der Waals surface area contributed by atoms with Crippen LogP contribution in [-0.2, 0) is 12.8 Å². The smallest absolute Gasteiger partial charge is 0.0724 e. The molecule has 0 bridgehead atoms. The van der Waals surface area contributed by atoms with Crippen molar-refractivity contribution in [2.45, 2.75) is 19.3 Å². The number of aryl methyl sites for hydroxylation is 1. The molecule has 0 aromatic heterocycles. The third kappa shape index (κ3) is 3.08. The lowest BCUT2D eigenvalue weighted by molar-refractivity contribution is 0.734. The van der Waals surface area contributed by atoms with E-state index in [9.17, 15) is 0 Å². The van der Waals surface area contributed by atoms with Crippen LogP contribution in [0, 0.1) is 0 Å². The molecule has 114 valence electrons. The molecule has 0 radical (unpaired) electrons. The van der Waals surface area contributed by atoms with Gasteiger partial charge in [-0.05, 0) is 50.0 Å². The minimum absolute atomic E-state index is 0.830. The number of aliphatic imine (C=N–C) groups is 1. The highest BCUT2D eigenvalue weighted by Crippen LogP contribution is 2.29. The molecule has 2 nitrogen and oxygen atoms in total. The van der Waals surface area contributed by atoms with E-state index in [-0.39, 0.29) is 0 Å². The molecule has 0 saturated heterocycles. The Kier molecular flexibility index (Phi) is 4.91. The number of nitrogens with zero attached hydrogens (tertiary/aromatic N) is 1. The van der Waals surface area contributed by atoms with Gasteiger partial charge in [0.25, 0.3) is 0 Å². The van der Waals surface area contributed by atoms with E-state index in [2.05, 4.69) is 35.6 Å². The monoisotopic (exact) mass is 312 g/mol. The second-order valence-corrected chi connectivity index (χ2v) is 6.02. The molecule has 0 amide bonds. The van der Waals surface area contributed by atoms with Crippen LogP contribution in [0.3, 0.4) is 0 Å². The zero-order valence-corrected chi connectivity index (χ0v) is 13.7. The van der Waals surface area contributed by atoms with Crippen LogP contribution in [0.2, 0.25) is 5.02 Å². The fourth-order valence-electron chi connectivity index (χ4n) is 3.03. The van der Waals surface area contributed by atoms with Crippen LogP contribution in [-0.4, -0.2) is 25.8 Å². The van der Waals surface area contributed by atoms with Crippen molar-refractivity contribution in [1.29, 1.82) is 0 Å². The minimum Gasteiger partial charge on any atom is -0.320 e. The summed E-state index contributed by atoms with van der Waals surface area (Å²) < 4.78 is 0.